The Labute approximate surface area is 441 Å². The summed E-state index contributed by atoms with van der Waals surface area (Å²) in [6, 6.07) is 10.1. The van der Waals surface area contributed by atoms with Gasteiger partial charge in [0.1, 0.15) is 17.4 Å². The van der Waals surface area contributed by atoms with E-state index in [0.717, 1.165) is 114 Å². The summed E-state index contributed by atoms with van der Waals surface area (Å²) in [7, 11) is 0. The second-order valence-electron chi connectivity index (χ2n) is 21.5. The molecule has 7 aliphatic rings. The Bertz CT molecular complexity index is 3000. The third-order valence-electron chi connectivity index (χ3n) is 16.5. The maximum Gasteiger partial charge on any atom is 0.418 e. The van der Waals surface area contributed by atoms with E-state index < -0.39 is 45.7 Å². The zero-order chi connectivity index (χ0) is 52.5. The van der Waals surface area contributed by atoms with Crippen LogP contribution in [0.15, 0.2) is 36.4 Å². The molecule has 75 heavy (non-hydrogen) atoms. The minimum absolute atomic E-state index is 0.104. The zero-order valence-electron chi connectivity index (χ0n) is 41.2. The summed E-state index contributed by atoms with van der Waals surface area (Å²) < 4.78 is 67.3. The minimum atomic E-state index is -4.98. The standard InChI is InChI=1S/C53H57Cl2F4N11O5/c54-39-23-38-47(46(56)44(39)37-21-32(61)22-40(55)45(37)53(57,58)59)63-51(64-48(38)68-26-34-3-4-35(27-68)70(34)43(72)2-1-13-60)75-29-52(11-12-52)28-66-18-16-65(17-19-66)24-30-9-14-67(15-10-30)33-5-6-36-31(20-33)25-69(50(36)74)41-7-8-42(71)62-49(41)73/h5-6,20-23,30,34-35,41H,1-4,7-12,14-19,24-29,61H2,(H,62,71,73). The largest absolute Gasteiger partial charge is 0.463 e. The molecule has 4 amide bonds. The normalized spacial score (nSPS) is 23.2. The number of nitrogen functional groups attached to an aromatic ring is 1. The molecule has 4 aromatic rings. The number of amides is 4. The van der Waals surface area contributed by atoms with Crippen molar-refractivity contribution >= 4 is 74.9 Å². The molecule has 1 saturated carbocycles. The van der Waals surface area contributed by atoms with Gasteiger partial charge >= 0.3 is 12.2 Å². The Morgan fingerprint density at radius 3 is 2.29 bits per heavy atom. The van der Waals surface area contributed by atoms with Crippen molar-refractivity contribution in [2.24, 2.45) is 11.3 Å². The van der Waals surface area contributed by atoms with Crippen molar-refractivity contribution in [3.63, 3.8) is 0 Å². The summed E-state index contributed by atoms with van der Waals surface area (Å²) in [6.07, 6.45) is 1.11. The number of fused-ring (bicyclic) bond motifs is 4. The highest BCUT2D eigenvalue weighted by Crippen LogP contribution is 2.49. The number of rotatable bonds is 13. The molecule has 2 bridgehead atoms. The fourth-order valence-corrected chi connectivity index (χ4v) is 13.1. The van der Waals surface area contributed by atoms with Crippen molar-refractivity contribution < 1.29 is 41.5 Å². The van der Waals surface area contributed by atoms with E-state index in [4.69, 9.17) is 43.9 Å². The molecular formula is C53H57Cl2F4N11O5. The van der Waals surface area contributed by atoms with Crippen molar-refractivity contribution in [2.75, 3.05) is 87.6 Å². The van der Waals surface area contributed by atoms with Crippen LogP contribution in [0.2, 0.25) is 10.0 Å². The van der Waals surface area contributed by atoms with Crippen LogP contribution in [0.3, 0.4) is 0 Å². The summed E-state index contributed by atoms with van der Waals surface area (Å²) in [5.41, 5.74) is 5.49. The van der Waals surface area contributed by atoms with Crippen molar-refractivity contribution in [3.05, 3.63) is 69.0 Å². The first-order valence-corrected chi connectivity index (χ1v) is 26.6. The third kappa shape index (κ3) is 10.1. The lowest BCUT2D eigenvalue weighted by Crippen LogP contribution is -2.56. The molecular weight excluding hydrogens is 1020 g/mol. The van der Waals surface area contributed by atoms with Crippen LogP contribution in [0.4, 0.5) is 34.8 Å². The first-order valence-electron chi connectivity index (χ1n) is 25.9. The highest BCUT2D eigenvalue weighted by molar-refractivity contribution is 6.35. The number of nitrogens with two attached hydrogens (primary N) is 1. The number of nitriles is 1. The van der Waals surface area contributed by atoms with E-state index in [-0.39, 0.29) is 94.5 Å². The first kappa shape index (κ1) is 51.1. The molecule has 11 rings (SSSR count). The number of ether oxygens (including phenoxy) is 1. The SMILES string of the molecule is N#CCCC(=O)N1C2CCC1CN(c1nc(OCC3(CN4CCN(CC5CCN(c6ccc7c(c6)CN(C6CCC(=O)NC6=O)C7=O)CC5)CC4)CC3)nc3c(F)c(-c4cc(N)cc(Cl)c4C(F)(F)F)c(Cl)cc13)C2. The number of aromatic nitrogens is 2. The zero-order valence-corrected chi connectivity index (χ0v) is 42.8. The molecule has 3 N–H and O–H groups in total. The molecule has 3 atom stereocenters. The Kier molecular flexibility index (Phi) is 13.7. The van der Waals surface area contributed by atoms with Gasteiger partial charge in [-0.25, -0.2) is 4.39 Å². The van der Waals surface area contributed by atoms with Gasteiger partial charge in [-0.2, -0.15) is 28.4 Å². The predicted octanol–water partition coefficient (Wildman–Crippen LogP) is 7.28. The summed E-state index contributed by atoms with van der Waals surface area (Å²) >= 11 is 12.9. The number of imide groups is 1. The van der Waals surface area contributed by atoms with E-state index in [0.29, 0.717) is 37.5 Å². The number of benzene rings is 3. The molecule has 5 saturated heterocycles. The number of alkyl halides is 3. The van der Waals surface area contributed by atoms with E-state index in [9.17, 15) is 32.3 Å². The quantitative estimate of drug-likeness (QED) is 0.0775. The van der Waals surface area contributed by atoms with Gasteiger partial charge in [-0.05, 0) is 92.8 Å². The number of hydrogen-bond donors (Lipinski definition) is 2. The van der Waals surface area contributed by atoms with E-state index in [1.807, 2.05) is 28.0 Å². The number of piperazine rings is 2. The maximum atomic E-state index is 17.2. The molecule has 3 aromatic carbocycles. The summed E-state index contributed by atoms with van der Waals surface area (Å²) in [5, 5.41) is 10.6. The molecule has 0 radical (unpaired) electrons. The van der Waals surface area contributed by atoms with Crippen LogP contribution in [0.1, 0.15) is 85.7 Å². The average Bonchev–Trinajstić information content (AvgIpc) is 3.98. The molecule has 1 aliphatic carbocycles. The van der Waals surface area contributed by atoms with Crippen LogP contribution in [-0.2, 0) is 27.1 Å². The molecule has 22 heteroatoms. The molecule has 1 aromatic heterocycles. The van der Waals surface area contributed by atoms with Gasteiger partial charge in [-0.1, -0.05) is 23.2 Å². The minimum Gasteiger partial charge on any atom is -0.463 e. The monoisotopic (exact) mass is 1070 g/mol. The Morgan fingerprint density at radius 1 is 0.893 bits per heavy atom. The number of anilines is 3. The van der Waals surface area contributed by atoms with Gasteiger partial charge in [0.15, 0.2) is 5.82 Å². The summed E-state index contributed by atoms with van der Waals surface area (Å²) in [4.78, 5) is 72.8. The Morgan fingerprint density at radius 2 is 1.61 bits per heavy atom. The number of carbonyl (C=O) groups is 4. The fourth-order valence-electron chi connectivity index (χ4n) is 12.4. The van der Waals surface area contributed by atoms with E-state index >= 15 is 4.39 Å². The number of nitrogens with one attached hydrogen (secondary N) is 1. The Hall–Kier alpha value is -6.01. The van der Waals surface area contributed by atoms with Crippen LogP contribution < -0.4 is 25.6 Å². The fraction of sp³-hybridized carbons (Fsp3) is 0.528. The van der Waals surface area contributed by atoms with Crippen molar-refractivity contribution in [2.45, 2.75) is 95.1 Å². The Balaban J connectivity index is 0.738. The molecule has 6 fully saturated rings. The molecule has 6 aliphatic heterocycles. The van der Waals surface area contributed by atoms with Crippen molar-refractivity contribution in [1.29, 1.82) is 5.26 Å². The highest BCUT2D eigenvalue weighted by Gasteiger charge is 2.47. The van der Waals surface area contributed by atoms with Crippen LogP contribution in [0, 0.1) is 28.5 Å². The van der Waals surface area contributed by atoms with E-state index in [1.54, 1.807) is 4.90 Å². The van der Waals surface area contributed by atoms with Gasteiger partial charge in [0.2, 0.25) is 17.7 Å². The summed E-state index contributed by atoms with van der Waals surface area (Å²) in [5.74, 6) is -1.28. The van der Waals surface area contributed by atoms with Gasteiger partial charge in [0, 0.05) is 142 Å². The molecule has 16 nitrogen and oxygen atoms in total. The lowest BCUT2D eigenvalue weighted by atomic mass is 9.95. The predicted molar refractivity (Wildman–Crippen MR) is 273 cm³/mol. The number of hydrogen-bond acceptors (Lipinski definition) is 13. The lowest BCUT2D eigenvalue weighted by molar-refractivity contribution is -0.138. The average molecular weight is 1080 g/mol. The van der Waals surface area contributed by atoms with Gasteiger partial charge in [0.25, 0.3) is 5.91 Å². The third-order valence-corrected chi connectivity index (χ3v) is 17.1. The van der Waals surface area contributed by atoms with Crippen molar-refractivity contribution in [1.82, 2.24) is 34.9 Å². The van der Waals surface area contributed by atoms with Crippen LogP contribution >= 0.6 is 23.2 Å². The van der Waals surface area contributed by atoms with Gasteiger partial charge in [-0.15, -0.1) is 0 Å². The second kappa shape index (κ2) is 20.2. The number of carbonyl (C=O) groups excluding carboxylic acids is 4. The van der Waals surface area contributed by atoms with Crippen molar-refractivity contribution in [3.8, 4) is 23.2 Å². The number of piperidine rings is 2. The van der Waals surface area contributed by atoms with E-state index in [2.05, 4.69) is 31.1 Å². The maximum absolute atomic E-state index is 17.2. The van der Waals surface area contributed by atoms with Crippen LogP contribution in [-0.4, -0.2) is 143 Å². The molecule has 7 heterocycles. The van der Waals surface area contributed by atoms with Crippen LogP contribution in [0.5, 0.6) is 6.01 Å². The van der Waals surface area contributed by atoms with E-state index in [1.165, 1.54) is 6.07 Å². The summed E-state index contributed by atoms with van der Waals surface area (Å²) in [6.45, 7) is 8.50. The lowest BCUT2D eigenvalue weighted by Gasteiger charge is -2.42. The number of nitrogens with zero attached hydrogens (tertiary/aromatic N) is 9. The molecule has 3 unspecified atom stereocenters. The van der Waals surface area contributed by atoms with Crippen LogP contribution in [0.25, 0.3) is 22.0 Å². The molecule has 0 spiro atoms. The van der Waals surface area contributed by atoms with Gasteiger partial charge in [-0.3, -0.25) is 24.5 Å². The second-order valence-corrected chi connectivity index (χ2v) is 22.3. The molecule has 396 valence electrons. The van der Waals surface area contributed by atoms with Gasteiger partial charge < -0.3 is 39.9 Å². The topological polar surface area (TPSA) is 185 Å². The highest BCUT2D eigenvalue weighted by atomic mass is 35.5. The number of halogens is 6. The first-order chi connectivity index (χ1) is 36.0. The van der Waals surface area contributed by atoms with Gasteiger partial charge in [0.05, 0.1) is 28.3 Å². The smallest absolute Gasteiger partial charge is 0.418 e.